The Kier molecular flexibility index (Phi) is 7.07. The van der Waals surface area contributed by atoms with Gasteiger partial charge < -0.3 is 5.11 Å². The molecule has 0 saturated carbocycles. The van der Waals surface area contributed by atoms with Crippen LogP contribution in [-0.2, 0) is 27.4 Å². The Balaban J connectivity index is 2.24. The van der Waals surface area contributed by atoms with Crippen LogP contribution in [0.2, 0.25) is 5.15 Å². The summed E-state index contributed by atoms with van der Waals surface area (Å²) < 4.78 is 28.9. The summed E-state index contributed by atoms with van der Waals surface area (Å²) in [5.74, 6) is 0.246. The number of halogens is 1. The summed E-state index contributed by atoms with van der Waals surface area (Å²) in [6.45, 7) is 14.1. The Morgan fingerprint density at radius 2 is 1.47 bits per heavy atom. The molecule has 34 heavy (non-hydrogen) atoms. The van der Waals surface area contributed by atoms with Gasteiger partial charge in [0, 0.05) is 6.20 Å². The highest BCUT2D eigenvalue weighted by Crippen LogP contribution is 2.41. The largest absolute Gasteiger partial charge is 0.507 e. The Morgan fingerprint density at radius 3 is 1.94 bits per heavy atom. The molecule has 1 N–H and O–H groups in total. The van der Waals surface area contributed by atoms with E-state index in [0.717, 1.165) is 22.3 Å². The summed E-state index contributed by atoms with van der Waals surface area (Å²) in [4.78, 5) is 4.28. The van der Waals surface area contributed by atoms with Gasteiger partial charge >= 0.3 is 0 Å². The molecular formula is C27H33ClN2O3S. The third-order valence-electron chi connectivity index (χ3n) is 5.73. The molecule has 0 aliphatic heterocycles. The fraction of sp³-hybridized carbons (Fsp3) is 0.370. The molecule has 0 aliphatic rings. The highest BCUT2D eigenvalue weighted by Gasteiger charge is 2.30. The first kappa shape index (κ1) is 26.0. The second-order valence-corrected chi connectivity index (χ2v) is 12.9. The summed E-state index contributed by atoms with van der Waals surface area (Å²) in [5.41, 5.74) is 2.86. The van der Waals surface area contributed by atoms with Crippen molar-refractivity contribution in [1.82, 2.24) is 4.98 Å². The Labute approximate surface area is 208 Å². The van der Waals surface area contributed by atoms with Gasteiger partial charge in [-0.3, -0.25) is 4.31 Å². The smallest absolute Gasteiger partial charge is 0.264 e. The molecule has 2 aromatic carbocycles. The van der Waals surface area contributed by atoms with Crippen LogP contribution in [0.1, 0.15) is 63.8 Å². The highest BCUT2D eigenvalue weighted by atomic mass is 35.5. The predicted octanol–water partition coefficient (Wildman–Crippen LogP) is 6.74. The van der Waals surface area contributed by atoms with E-state index in [1.54, 1.807) is 36.4 Å². The van der Waals surface area contributed by atoms with E-state index in [4.69, 9.17) is 11.6 Å². The first-order valence-corrected chi connectivity index (χ1v) is 13.0. The van der Waals surface area contributed by atoms with Crippen LogP contribution in [-0.4, -0.2) is 18.5 Å². The fourth-order valence-corrected chi connectivity index (χ4v) is 5.53. The van der Waals surface area contributed by atoms with Crippen molar-refractivity contribution in [2.75, 3.05) is 4.31 Å². The number of hydrogen-bond acceptors (Lipinski definition) is 4. The van der Waals surface area contributed by atoms with Crippen molar-refractivity contribution in [3.63, 3.8) is 0 Å². The van der Waals surface area contributed by atoms with Gasteiger partial charge in [0.15, 0.2) is 5.15 Å². The molecule has 1 heterocycles. The zero-order valence-corrected chi connectivity index (χ0v) is 22.4. The van der Waals surface area contributed by atoms with Gasteiger partial charge in [-0.15, -0.1) is 0 Å². The number of anilines is 1. The number of phenolic OH excluding ortho intramolecular Hbond substituents is 1. The topological polar surface area (TPSA) is 70.5 Å². The van der Waals surface area contributed by atoms with Gasteiger partial charge in [0.05, 0.1) is 17.1 Å². The number of pyridine rings is 1. The molecule has 0 saturated heterocycles. The second-order valence-electron chi connectivity index (χ2n) is 10.7. The van der Waals surface area contributed by atoms with Crippen molar-refractivity contribution in [3.8, 4) is 5.75 Å². The maximum Gasteiger partial charge on any atom is 0.264 e. The minimum Gasteiger partial charge on any atom is -0.507 e. The lowest BCUT2D eigenvalue weighted by molar-refractivity contribution is 0.422. The van der Waals surface area contributed by atoms with E-state index < -0.39 is 10.0 Å². The number of rotatable bonds is 5. The van der Waals surface area contributed by atoms with Gasteiger partial charge in [0.25, 0.3) is 10.0 Å². The van der Waals surface area contributed by atoms with Gasteiger partial charge in [0.2, 0.25) is 0 Å². The second kappa shape index (κ2) is 9.23. The van der Waals surface area contributed by atoms with Gasteiger partial charge in [-0.05, 0) is 70.8 Å². The van der Waals surface area contributed by atoms with Crippen molar-refractivity contribution in [2.45, 2.75) is 70.7 Å². The summed E-state index contributed by atoms with van der Waals surface area (Å²) in [7, 11) is -3.95. The lowest BCUT2D eigenvalue weighted by Crippen LogP contribution is -2.31. The molecule has 3 rings (SSSR count). The third-order valence-corrected chi connectivity index (χ3v) is 7.79. The van der Waals surface area contributed by atoms with Crippen molar-refractivity contribution >= 4 is 27.3 Å². The first-order valence-electron chi connectivity index (χ1n) is 11.2. The standard InChI is InChI=1S/C27H33ClN2O3S/c1-18-10-12-20(13-11-18)34(32,33)30(23-9-8-14-29-25(23)28)17-19-15-21(26(2,3)4)24(31)22(16-19)27(5,6)7/h8-16,31H,17H2,1-7H3. The number of benzene rings is 2. The molecule has 0 unspecified atom stereocenters. The van der Waals surface area contributed by atoms with E-state index in [1.165, 1.54) is 10.5 Å². The number of aromatic hydroxyl groups is 1. The molecule has 3 aromatic rings. The molecule has 0 bridgehead atoms. The average molecular weight is 501 g/mol. The molecule has 0 amide bonds. The molecule has 0 atom stereocenters. The van der Waals surface area contributed by atoms with E-state index in [1.807, 2.05) is 60.6 Å². The summed E-state index contributed by atoms with van der Waals surface area (Å²) in [5, 5.41) is 11.2. The van der Waals surface area contributed by atoms with Crippen LogP contribution in [0.3, 0.4) is 0 Å². The van der Waals surface area contributed by atoms with Crippen molar-refractivity contribution < 1.29 is 13.5 Å². The number of nitrogens with zero attached hydrogens (tertiary/aromatic N) is 2. The van der Waals surface area contributed by atoms with Crippen LogP contribution in [0.25, 0.3) is 0 Å². The number of hydrogen-bond donors (Lipinski definition) is 1. The van der Waals surface area contributed by atoms with Gasteiger partial charge in [-0.25, -0.2) is 13.4 Å². The van der Waals surface area contributed by atoms with E-state index >= 15 is 0 Å². The SMILES string of the molecule is Cc1ccc(S(=O)(=O)N(Cc2cc(C(C)(C)C)c(O)c(C(C)(C)C)c2)c2cccnc2Cl)cc1. The fourth-order valence-electron chi connectivity index (χ4n) is 3.80. The van der Waals surface area contributed by atoms with Gasteiger partial charge in [-0.1, -0.05) is 70.8 Å². The molecule has 0 spiro atoms. The molecule has 5 nitrogen and oxygen atoms in total. The molecule has 0 aliphatic carbocycles. The van der Waals surface area contributed by atoms with E-state index in [9.17, 15) is 13.5 Å². The summed E-state index contributed by atoms with van der Waals surface area (Å²) in [6.07, 6.45) is 1.53. The van der Waals surface area contributed by atoms with E-state index in [2.05, 4.69) is 4.98 Å². The van der Waals surface area contributed by atoms with E-state index in [-0.39, 0.29) is 33.2 Å². The maximum atomic E-state index is 13.8. The average Bonchev–Trinajstić information content (AvgIpc) is 2.72. The zero-order valence-electron chi connectivity index (χ0n) is 20.8. The molecular weight excluding hydrogens is 468 g/mol. The molecule has 0 fully saturated rings. The van der Waals surface area contributed by atoms with Crippen molar-refractivity contribution in [1.29, 1.82) is 0 Å². The summed E-state index contributed by atoms with van der Waals surface area (Å²) in [6, 6.07) is 13.8. The summed E-state index contributed by atoms with van der Waals surface area (Å²) >= 11 is 6.38. The lowest BCUT2D eigenvalue weighted by Gasteiger charge is -2.30. The van der Waals surface area contributed by atoms with Gasteiger partial charge in [-0.2, -0.15) is 0 Å². The van der Waals surface area contributed by atoms with Crippen LogP contribution < -0.4 is 4.31 Å². The minimum absolute atomic E-state index is 0.0358. The Hall–Kier alpha value is -2.57. The van der Waals surface area contributed by atoms with Crippen LogP contribution >= 0.6 is 11.6 Å². The van der Waals surface area contributed by atoms with E-state index in [0.29, 0.717) is 5.69 Å². The molecule has 7 heteroatoms. The number of sulfonamides is 1. The highest BCUT2D eigenvalue weighted by molar-refractivity contribution is 7.92. The Bertz CT molecular complexity index is 1250. The quantitative estimate of drug-likeness (QED) is 0.394. The third kappa shape index (κ3) is 5.39. The lowest BCUT2D eigenvalue weighted by atomic mass is 9.78. The van der Waals surface area contributed by atoms with Crippen molar-refractivity contribution in [3.05, 3.63) is 82.1 Å². The van der Waals surface area contributed by atoms with Gasteiger partial charge in [0.1, 0.15) is 5.75 Å². The van der Waals surface area contributed by atoms with Crippen LogP contribution in [0.4, 0.5) is 5.69 Å². The minimum atomic E-state index is -3.95. The molecule has 0 radical (unpaired) electrons. The molecule has 1 aromatic heterocycles. The van der Waals surface area contributed by atoms with Crippen LogP contribution in [0.15, 0.2) is 59.6 Å². The number of phenols is 1. The molecule has 182 valence electrons. The number of aromatic nitrogens is 1. The monoisotopic (exact) mass is 500 g/mol. The maximum absolute atomic E-state index is 13.8. The van der Waals surface area contributed by atoms with Crippen LogP contribution in [0, 0.1) is 6.92 Å². The zero-order chi connectivity index (χ0) is 25.5. The van der Waals surface area contributed by atoms with Crippen molar-refractivity contribution in [2.24, 2.45) is 0 Å². The number of aryl methyl sites for hydroxylation is 1. The first-order chi connectivity index (χ1) is 15.6. The Morgan fingerprint density at radius 1 is 0.941 bits per heavy atom. The predicted molar refractivity (Wildman–Crippen MR) is 139 cm³/mol. The normalized spacial score (nSPS) is 12.6. The van der Waals surface area contributed by atoms with Crippen LogP contribution in [0.5, 0.6) is 5.75 Å².